The number of hydrogen-bond donors (Lipinski definition) is 0. The third kappa shape index (κ3) is 6.50. The highest BCUT2D eigenvalue weighted by molar-refractivity contribution is 5.73. The molecule has 1 aliphatic rings. The Hall–Kier alpha value is -4.20. The van der Waals surface area contributed by atoms with Gasteiger partial charge in [0.2, 0.25) is 0 Å². The first-order valence-corrected chi connectivity index (χ1v) is 13.5. The van der Waals surface area contributed by atoms with Crippen LogP contribution < -0.4 is 9.64 Å². The second-order valence-corrected chi connectivity index (χ2v) is 11.0. The lowest BCUT2D eigenvalue weighted by Gasteiger charge is -2.26. The van der Waals surface area contributed by atoms with Crippen LogP contribution in [0.1, 0.15) is 62.8 Å². The first-order valence-electron chi connectivity index (χ1n) is 13.5. The van der Waals surface area contributed by atoms with Crippen molar-refractivity contribution in [3.8, 4) is 5.75 Å². The van der Waals surface area contributed by atoms with Crippen LogP contribution in [0.4, 0.5) is 25.1 Å². The molecule has 0 bridgehead atoms. The van der Waals surface area contributed by atoms with E-state index in [0.29, 0.717) is 18.1 Å². The van der Waals surface area contributed by atoms with Crippen molar-refractivity contribution in [2.75, 3.05) is 4.90 Å². The molecule has 0 N–H and O–H groups in total. The summed E-state index contributed by atoms with van der Waals surface area (Å²) >= 11 is 0. The van der Waals surface area contributed by atoms with Crippen LogP contribution in [0.5, 0.6) is 5.75 Å². The molecule has 0 unspecified atom stereocenters. The van der Waals surface area contributed by atoms with Gasteiger partial charge < -0.3 is 14.4 Å². The van der Waals surface area contributed by atoms with Crippen LogP contribution in [-0.4, -0.2) is 21.5 Å². The van der Waals surface area contributed by atoms with Crippen molar-refractivity contribution < 1.29 is 23.0 Å². The van der Waals surface area contributed by atoms with E-state index in [9.17, 15) is 13.6 Å². The summed E-state index contributed by atoms with van der Waals surface area (Å²) < 4.78 is 41.4. The highest BCUT2D eigenvalue weighted by Crippen LogP contribution is 2.40. The minimum atomic E-state index is -0.685. The van der Waals surface area contributed by atoms with Gasteiger partial charge in [-0.1, -0.05) is 48.9 Å². The number of benzene rings is 3. The number of carbonyl (C=O) groups excluding carboxylic acids is 1. The molecule has 1 aromatic heterocycles. The SMILES string of the molecule is CC(C)(C)OC(=O)n1nc(N(Cc2ccc(F)cc2)c2ccc(F)c(OCc3ccccc3)c2)cc1C1CCC1. The van der Waals surface area contributed by atoms with E-state index in [1.807, 2.05) is 62.1 Å². The summed E-state index contributed by atoms with van der Waals surface area (Å²) in [5.74, 6) is -0.0422. The highest BCUT2D eigenvalue weighted by Gasteiger charge is 2.30. The number of carbonyl (C=O) groups is 1. The molecule has 1 heterocycles. The van der Waals surface area contributed by atoms with E-state index in [-0.39, 0.29) is 24.1 Å². The van der Waals surface area contributed by atoms with Gasteiger partial charge in [-0.25, -0.2) is 13.6 Å². The predicted molar refractivity (Wildman–Crippen MR) is 150 cm³/mol. The van der Waals surface area contributed by atoms with Crippen molar-refractivity contribution in [2.45, 2.75) is 64.7 Å². The summed E-state index contributed by atoms with van der Waals surface area (Å²) in [6.45, 7) is 5.95. The van der Waals surface area contributed by atoms with E-state index < -0.39 is 17.5 Å². The molecule has 4 aromatic rings. The minimum Gasteiger partial charge on any atom is -0.486 e. The first-order chi connectivity index (χ1) is 19.2. The van der Waals surface area contributed by atoms with Gasteiger partial charge in [-0.05, 0) is 69.0 Å². The summed E-state index contributed by atoms with van der Waals surface area (Å²) in [5, 5.41) is 4.69. The lowest BCUT2D eigenvalue weighted by molar-refractivity contribution is 0.0505. The Morgan fingerprint density at radius 2 is 1.70 bits per heavy atom. The Morgan fingerprint density at radius 3 is 2.35 bits per heavy atom. The van der Waals surface area contributed by atoms with Gasteiger partial charge in [-0.15, -0.1) is 5.10 Å². The lowest BCUT2D eigenvalue weighted by Crippen LogP contribution is -2.30. The molecule has 0 aliphatic heterocycles. The van der Waals surface area contributed by atoms with E-state index in [2.05, 4.69) is 0 Å². The summed E-state index contributed by atoms with van der Waals surface area (Å²) in [4.78, 5) is 15.0. The number of ether oxygens (including phenoxy) is 2. The standard InChI is InChI=1S/C32H33F2N3O3/c1-32(2,3)40-31(38)37-28(24-10-7-11-24)19-30(35-37)36(20-22-12-14-25(33)15-13-22)26-16-17-27(34)29(18-26)39-21-23-8-5-4-6-9-23/h4-6,8-9,12-19,24H,7,10-11,20-21H2,1-3H3. The van der Waals surface area contributed by atoms with Crippen molar-refractivity contribution in [1.82, 2.24) is 9.78 Å². The van der Waals surface area contributed by atoms with Gasteiger partial charge in [0.1, 0.15) is 18.0 Å². The Balaban J connectivity index is 1.53. The smallest absolute Gasteiger partial charge is 0.435 e. The molecule has 5 rings (SSSR count). The fraction of sp³-hybridized carbons (Fsp3) is 0.312. The van der Waals surface area contributed by atoms with Crippen LogP contribution >= 0.6 is 0 Å². The zero-order valence-electron chi connectivity index (χ0n) is 22.9. The normalized spacial score (nSPS) is 13.5. The van der Waals surface area contributed by atoms with Gasteiger partial charge >= 0.3 is 6.09 Å². The molecule has 0 radical (unpaired) electrons. The van der Waals surface area contributed by atoms with Crippen LogP contribution in [0.15, 0.2) is 78.9 Å². The summed E-state index contributed by atoms with van der Waals surface area (Å²) in [5.41, 5.74) is 2.44. The minimum absolute atomic E-state index is 0.0938. The number of nitrogens with zero attached hydrogens (tertiary/aromatic N) is 3. The Morgan fingerprint density at radius 1 is 0.975 bits per heavy atom. The largest absolute Gasteiger partial charge is 0.486 e. The maximum Gasteiger partial charge on any atom is 0.435 e. The number of anilines is 2. The molecule has 1 saturated carbocycles. The second kappa shape index (κ2) is 11.5. The third-order valence-electron chi connectivity index (χ3n) is 6.81. The molecule has 40 heavy (non-hydrogen) atoms. The third-order valence-corrected chi connectivity index (χ3v) is 6.81. The van der Waals surface area contributed by atoms with Crippen molar-refractivity contribution in [3.63, 3.8) is 0 Å². The van der Waals surface area contributed by atoms with Crippen LogP contribution in [0.2, 0.25) is 0 Å². The van der Waals surface area contributed by atoms with Crippen LogP contribution in [0.3, 0.4) is 0 Å². The molecule has 6 nitrogen and oxygen atoms in total. The van der Waals surface area contributed by atoms with Crippen LogP contribution in [0, 0.1) is 11.6 Å². The topological polar surface area (TPSA) is 56.6 Å². The average Bonchev–Trinajstić information content (AvgIpc) is 3.31. The fourth-order valence-electron chi connectivity index (χ4n) is 4.54. The fourth-order valence-corrected chi connectivity index (χ4v) is 4.54. The zero-order chi connectivity index (χ0) is 28.3. The van der Waals surface area contributed by atoms with Crippen LogP contribution in [0.25, 0.3) is 0 Å². The summed E-state index contributed by atoms with van der Waals surface area (Å²) in [6.07, 6.45) is 2.45. The monoisotopic (exact) mass is 545 g/mol. The lowest BCUT2D eigenvalue weighted by atomic mass is 9.83. The van der Waals surface area contributed by atoms with Crippen LogP contribution in [-0.2, 0) is 17.9 Å². The number of hydrogen-bond acceptors (Lipinski definition) is 5. The van der Waals surface area contributed by atoms with E-state index in [0.717, 1.165) is 36.1 Å². The van der Waals surface area contributed by atoms with Crippen molar-refractivity contribution in [2.24, 2.45) is 0 Å². The van der Waals surface area contributed by atoms with Gasteiger partial charge in [0.15, 0.2) is 17.4 Å². The maximum absolute atomic E-state index is 14.8. The molecule has 1 fully saturated rings. The van der Waals surface area contributed by atoms with Gasteiger partial charge in [-0.2, -0.15) is 4.68 Å². The molecule has 3 aromatic carbocycles. The Bertz CT molecular complexity index is 1460. The first kappa shape index (κ1) is 27.4. The molecule has 0 spiro atoms. The van der Waals surface area contributed by atoms with E-state index in [1.54, 1.807) is 24.3 Å². The summed E-state index contributed by atoms with van der Waals surface area (Å²) in [6, 6.07) is 22.2. The van der Waals surface area contributed by atoms with Crippen molar-refractivity contribution in [1.29, 1.82) is 0 Å². The average molecular weight is 546 g/mol. The van der Waals surface area contributed by atoms with Crippen molar-refractivity contribution >= 4 is 17.6 Å². The summed E-state index contributed by atoms with van der Waals surface area (Å²) in [7, 11) is 0. The molecule has 0 atom stereocenters. The Labute approximate surface area is 233 Å². The molecular weight excluding hydrogens is 512 g/mol. The second-order valence-electron chi connectivity index (χ2n) is 11.0. The molecule has 0 amide bonds. The maximum atomic E-state index is 14.8. The number of halogens is 2. The number of aromatic nitrogens is 2. The highest BCUT2D eigenvalue weighted by atomic mass is 19.1. The van der Waals surface area contributed by atoms with Gasteiger partial charge in [0.05, 0.1) is 5.69 Å². The van der Waals surface area contributed by atoms with Gasteiger partial charge in [0.25, 0.3) is 0 Å². The van der Waals surface area contributed by atoms with E-state index in [1.165, 1.54) is 22.9 Å². The quantitative estimate of drug-likeness (QED) is 0.224. The molecular formula is C32H33F2N3O3. The molecule has 208 valence electrons. The van der Waals surface area contributed by atoms with Gasteiger partial charge in [0, 0.05) is 30.3 Å². The molecule has 0 saturated heterocycles. The van der Waals surface area contributed by atoms with E-state index >= 15 is 0 Å². The molecule has 8 heteroatoms. The number of rotatable bonds is 8. The molecule has 1 aliphatic carbocycles. The van der Waals surface area contributed by atoms with Crippen molar-refractivity contribution in [3.05, 3.63) is 107 Å². The zero-order valence-corrected chi connectivity index (χ0v) is 22.9. The predicted octanol–water partition coefficient (Wildman–Crippen LogP) is 8.13. The van der Waals surface area contributed by atoms with E-state index in [4.69, 9.17) is 14.6 Å². The Kier molecular flexibility index (Phi) is 7.87. The van der Waals surface area contributed by atoms with Gasteiger partial charge in [-0.3, -0.25) is 0 Å².